The van der Waals surface area contributed by atoms with E-state index in [9.17, 15) is 18.0 Å². The molecule has 0 heterocycles. The SMILES string of the molecule is CC(CC(=N)C=O)NCc1cccc(C(F)(F)F)c1. The molecule has 3 nitrogen and oxygen atoms in total. The topological polar surface area (TPSA) is 53.0 Å². The Labute approximate surface area is 109 Å². The minimum Gasteiger partial charge on any atom is -0.310 e. The Morgan fingerprint density at radius 2 is 2.16 bits per heavy atom. The number of benzene rings is 1. The highest BCUT2D eigenvalue weighted by atomic mass is 19.4. The van der Waals surface area contributed by atoms with Crippen molar-refractivity contribution in [1.82, 2.24) is 5.32 Å². The average molecular weight is 272 g/mol. The lowest BCUT2D eigenvalue weighted by atomic mass is 10.1. The Kier molecular flexibility index (Phi) is 5.23. The largest absolute Gasteiger partial charge is 0.416 e. The van der Waals surface area contributed by atoms with Gasteiger partial charge in [0.1, 0.15) is 0 Å². The van der Waals surface area contributed by atoms with Crippen LogP contribution in [0.5, 0.6) is 0 Å². The number of nitrogens with one attached hydrogen (secondary N) is 2. The third-order valence-corrected chi connectivity index (χ3v) is 2.58. The Hall–Kier alpha value is -1.69. The summed E-state index contributed by atoms with van der Waals surface area (Å²) < 4.78 is 37.5. The minimum atomic E-state index is -4.35. The summed E-state index contributed by atoms with van der Waals surface area (Å²) in [7, 11) is 0. The number of hydrogen-bond acceptors (Lipinski definition) is 3. The van der Waals surface area contributed by atoms with E-state index in [1.54, 1.807) is 13.0 Å². The molecule has 0 saturated heterocycles. The fraction of sp³-hybridized carbons (Fsp3) is 0.385. The van der Waals surface area contributed by atoms with Crippen LogP contribution in [-0.2, 0) is 17.5 Å². The summed E-state index contributed by atoms with van der Waals surface area (Å²) in [6.07, 6.45) is -3.63. The second-order valence-corrected chi connectivity index (χ2v) is 4.33. The minimum absolute atomic E-state index is 0.0379. The number of alkyl halides is 3. The highest BCUT2D eigenvalue weighted by Crippen LogP contribution is 2.29. The first-order chi connectivity index (χ1) is 8.82. The summed E-state index contributed by atoms with van der Waals surface area (Å²) in [6.45, 7) is 2.03. The first kappa shape index (κ1) is 15.4. The van der Waals surface area contributed by atoms with Gasteiger partial charge in [0, 0.05) is 19.0 Å². The van der Waals surface area contributed by atoms with E-state index in [2.05, 4.69) is 5.32 Å². The second kappa shape index (κ2) is 6.47. The van der Waals surface area contributed by atoms with E-state index in [-0.39, 0.29) is 24.7 Å². The lowest BCUT2D eigenvalue weighted by Gasteiger charge is -2.14. The molecule has 2 N–H and O–H groups in total. The number of halogens is 3. The van der Waals surface area contributed by atoms with Crippen LogP contribution in [0.3, 0.4) is 0 Å². The van der Waals surface area contributed by atoms with Gasteiger partial charge in [-0.1, -0.05) is 18.2 Å². The Balaban J connectivity index is 2.58. The van der Waals surface area contributed by atoms with E-state index in [0.717, 1.165) is 12.1 Å². The standard InChI is InChI=1S/C13H15F3N2O/c1-9(5-12(17)8-19)18-7-10-3-2-4-11(6-10)13(14,15)16/h2-4,6,8-9,17-18H,5,7H2,1H3. The molecule has 0 fully saturated rings. The van der Waals surface area contributed by atoms with E-state index in [1.165, 1.54) is 6.07 Å². The van der Waals surface area contributed by atoms with Crippen molar-refractivity contribution < 1.29 is 18.0 Å². The maximum Gasteiger partial charge on any atom is 0.416 e. The molecule has 0 aliphatic rings. The molecule has 1 rings (SSSR count). The van der Waals surface area contributed by atoms with Crippen LogP contribution in [0.25, 0.3) is 0 Å². The zero-order valence-electron chi connectivity index (χ0n) is 10.4. The smallest absolute Gasteiger partial charge is 0.310 e. The third-order valence-electron chi connectivity index (χ3n) is 2.58. The normalized spacial score (nSPS) is 13.1. The van der Waals surface area contributed by atoms with Gasteiger partial charge < -0.3 is 10.7 Å². The summed E-state index contributed by atoms with van der Waals surface area (Å²) >= 11 is 0. The van der Waals surface area contributed by atoms with Gasteiger partial charge in [0.15, 0.2) is 6.29 Å². The van der Waals surface area contributed by atoms with Crippen molar-refractivity contribution in [1.29, 1.82) is 5.41 Å². The van der Waals surface area contributed by atoms with Gasteiger partial charge in [-0.15, -0.1) is 0 Å². The molecule has 0 aromatic heterocycles. The molecule has 0 bridgehead atoms. The molecule has 1 atom stereocenters. The van der Waals surface area contributed by atoms with Gasteiger partial charge in [-0.25, -0.2) is 0 Å². The molecule has 1 aromatic rings. The van der Waals surface area contributed by atoms with Crippen LogP contribution in [0.2, 0.25) is 0 Å². The van der Waals surface area contributed by atoms with Gasteiger partial charge >= 0.3 is 6.18 Å². The highest BCUT2D eigenvalue weighted by molar-refractivity contribution is 6.26. The van der Waals surface area contributed by atoms with Gasteiger partial charge in [0.2, 0.25) is 0 Å². The molecule has 1 unspecified atom stereocenters. The van der Waals surface area contributed by atoms with E-state index >= 15 is 0 Å². The van der Waals surface area contributed by atoms with Crippen molar-refractivity contribution in [2.75, 3.05) is 0 Å². The van der Waals surface area contributed by atoms with Crippen LogP contribution in [0, 0.1) is 5.41 Å². The summed E-state index contributed by atoms with van der Waals surface area (Å²) in [6, 6.07) is 4.92. The Morgan fingerprint density at radius 1 is 1.47 bits per heavy atom. The molecular formula is C13H15F3N2O. The molecular weight excluding hydrogens is 257 g/mol. The van der Waals surface area contributed by atoms with Gasteiger partial charge in [0.25, 0.3) is 0 Å². The van der Waals surface area contributed by atoms with E-state index < -0.39 is 11.7 Å². The summed E-state index contributed by atoms with van der Waals surface area (Å²) in [5.74, 6) is 0. The molecule has 0 aliphatic carbocycles. The first-order valence-corrected chi connectivity index (χ1v) is 5.75. The fourth-order valence-corrected chi connectivity index (χ4v) is 1.60. The summed E-state index contributed by atoms with van der Waals surface area (Å²) in [5.41, 5.74) is -0.205. The van der Waals surface area contributed by atoms with Gasteiger partial charge in [-0.05, 0) is 18.6 Å². The van der Waals surface area contributed by atoms with Crippen LogP contribution in [0.4, 0.5) is 13.2 Å². The van der Waals surface area contributed by atoms with Crippen LogP contribution in [0.15, 0.2) is 24.3 Å². The van der Waals surface area contributed by atoms with Crippen LogP contribution in [0.1, 0.15) is 24.5 Å². The number of carbonyl (C=O) groups is 1. The van der Waals surface area contributed by atoms with Crippen molar-refractivity contribution in [3.05, 3.63) is 35.4 Å². The number of rotatable bonds is 6. The third kappa shape index (κ3) is 5.21. The molecule has 0 aliphatic heterocycles. The quantitative estimate of drug-likeness (QED) is 0.618. The second-order valence-electron chi connectivity index (χ2n) is 4.33. The van der Waals surface area contributed by atoms with Crippen LogP contribution < -0.4 is 5.32 Å². The summed E-state index contributed by atoms with van der Waals surface area (Å²) in [4.78, 5) is 10.3. The van der Waals surface area contributed by atoms with E-state index in [1.807, 2.05) is 0 Å². The molecule has 0 saturated carbocycles. The first-order valence-electron chi connectivity index (χ1n) is 5.75. The Morgan fingerprint density at radius 3 is 2.74 bits per heavy atom. The van der Waals surface area contributed by atoms with Crippen molar-refractivity contribution in [2.45, 2.75) is 32.1 Å². The van der Waals surface area contributed by atoms with Gasteiger partial charge in [-0.2, -0.15) is 13.2 Å². The number of hydrogen-bond donors (Lipinski definition) is 2. The average Bonchev–Trinajstić information content (AvgIpc) is 2.35. The highest BCUT2D eigenvalue weighted by Gasteiger charge is 2.30. The monoisotopic (exact) mass is 272 g/mol. The van der Waals surface area contributed by atoms with Crippen LogP contribution >= 0.6 is 0 Å². The van der Waals surface area contributed by atoms with Crippen LogP contribution in [-0.4, -0.2) is 18.0 Å². The predicted octanol–water partition coefficient (Wildman–Crippen LogP) is 2.79. The maximum absolute atomic E-state index is 12.5. The lowest BCUT2D eigenvalue weighted by Crippen LogP contribution is -2.28. The molecule has 6 heteroatoms. The zero-order valence-corrected chi connectivity index (χ0v) is 10.4. The molecule has 0 amide bonds. The molecule has 0 radical (unpaired) electrons. The van der Waals surface area contributed by atoms with Crippen molar-refractivity contribution in [3.8, 4) is 0 Å². The molecule has 1 aromatic carbocycles. The van der Waals surface area contributed by atoms with E-state index in [0.29, 0.717) is 11.8 Å². The number of carbonyl (C=O) groups excluding carboxylic acids is 1. The van der Waals surface area contributed by atoms with Crippen molar-refractivity contribution in [2.24, 2.45) is 0 Å². The fourth-order valence-electron chi connectivity index (χ4n) is 1.60. The molecule has 19 heavy (non-hydrogen) atoms. The van der Waals surface area contributed by atoms with Crippen molar-refractivity contribution >= 4 is 12.0 Å². The Bertz CT molecular complexity index is 457. The molecule has 104 valence electrons. The predicted molar refractivity (Wildman–Crippen MR) is 66.2 cm³/mol. The number of aldehydes is 1. The van der Waals surface area contributed by atoms with Gasteiger partial charge in [-0.3, -0.25) is 4.79 Å². The lowest BCUT2D eigenvalue weighted by molar-refractivity contribution is -0.137. The van der Waals surface area contributed by atoms with E-state index in [4.69, 9.17) is 5.41 Å². The summed E-state index contributed by atoms with van der Waals surface area (Å²) in [5, 5.41) is 10.2. The maximum atomic E-state index is 12.5. The van der Waals surface area contributed by atoms with Crippen molar-refractivity contribution in [3.63, 3.8) is 0 Å². The molecule has 0 spiro atoms. The zero-order chi connectivity index (χ0) is 14.5. The van der Waals surface area contributed by atoms with Gasteiger partial charge in [0.05, 0.1) is 11.3 Å².